The van der Waals surface area contributed by atoms with Gasteiger partial charge in [0, 0.05) is 6.08 Å². The minimum atomic E-state index is -0.526. The molecule has 0 radical (unpaired) electrons. The Bertz CT molecular complexity index is 688. The molecular formula is C16H13BrO3S. The van der Waals surface area contributed by atoms with E-state index in [0.717, 1.165) is 14.9 Å². The topological polar surface area (TPSA) is 43.4 Å². The molecule has 0 aliphatic carbocycles. The number of thiophene rings is 1. The van der Waals surface area contributed by atoms with Gasteiger partial charge in [0.05, 0.1) is 8.66 Å². The van der Waals surface area contributed by atoms with Crippen LogP contribution in [0.3, 0.4) is 0 Å². The van der Waals surface area contributed by atoms with Crippen molar-refractivity contribution in [3.05, 3.63) is 62.3 Å². The van der Waals surface area contributed by atoms with Gasteiger partial charge in [-0.3, -0.25) is 4.79 Å². The quantitative estimate of drug-likeness (QED) is 0.452. The first-order valence-corrected chi connectivity index (χ1v) is 7.86. The predicted molar refractivity (Wildman–Crippen MR) is 87.5 cm³/mol. The van der Waals surface area contributed by atoms with Crippen LogP contribution in [0.25, 0.3) is 6.08 Å². The summed E-state index contributed by atoms with van der Waals surface area (Å²) in [6.45, 7) is 1.72. The molecule has 3 nitrogen and oxygen atoms in total. The lowest BCUT2D eigenvalue weighted by Crippen LogP contribution is -2.11. The number of esters is 1. The summed E-state index contributed by atoms with van der Waals surface area (Å²) >= 11 is 4.60. The van der Waals surface area contributed by atoms with E-state index in [1.807, 2.05) is 31.2 Å². The summed E-state index contributed by atoms with van der Waals surface area (Å²) in [5, 5.41) is 0. The molecule has 0 atom stereocenters. The lowest BCUT2D eigenvalue weighted by molar-refractivity contribution is -0.136. The maximum atomic E-state index is 11.8. The Balaban J connectivity index is 1.88. The smallest absolute Gasteiger partial charge is 0.331 e. The third-order valence-corrected chi connectivity index (χ3v) is 4.45. The number of carbonyl (C=O) groups excluding carboxylic acids is 2. The molecule has 108 valence electrons. The third-order valence-electron chi connectivity index (χ3n) is 2.78. The molecule has 2 aromatic rings. The van der Waals surface area contributed by atoms with Gasteiger partial charge in [-0.1, -0.05) is 24.3 Å². The highest BCUT2D eigenvalue weighted by Crippen LogP contribution is 2.22. The van der Waals surface area contributed by atoms with Gasteiger partial charge in [0.15, 0.2) is 6.61 Å². The van der Waals surface area contributed by atoms with Crippen LogP contribution in [0.5, 0.6) is 0 Å². The van der Waals surface area contributed by atoms with E-state index in [-0.39, 0.29) is 12.4 Å². The molecular weight excluding hydrogens is 352 g/mol. The molecule has 0 unspecified atom stereocenters. The van der Waals surface area contributed by atoms with Crippen molar-refractivity contribution in [1.29, 1.82) is 0 Å². The summed E-state index contributed by atoms with van der Waals surface area (Å²) < 4.78 is 5.82. The van der Waals surface area contributed by atoms with Gasteiger partial charge >= 0.3 is 5.97 Å². The first kappa shape index (κ1) is 15.7. The third kappa shape index (κ3) is 4.65. The number of hydrogen-bond donors (Lipinski definition) is 0. The van der Waals surface area contributed by atoms with E-state index in [1.165, 1.54) is 17.4 Å². The average Bonchev–Trinajstić information content (AvgIpc) is 2.90. The zero-order valence-electron chi connectivity index (χ0n) is 11.3. The molecule has 0 saturated heterocycles. The normalized spacial score (nSPS) is 10.8. The number of benzene rings is 1. The number of ketones is 1. The van der Waals surface area contributed by atoms with Crippen molar-refractivity contribution in [2.75, 3.05) is 6.61 Å². The molecule has 1 heterocycles. The Morgan fingerprint density at radius 2 is 2.00 bits per heavy atom. The van der Waals surface area contributed by atoms with Gasteiger partial charge in [0.25, 0.3) is 0 Å². The molecule has 0 aliphatic rings. The van der Waals surface area contributed by atoms with Crippen molar-refractivity contribution < 1.29 is 14.3 Å². The molecule has 2 rings (SSSR count). The molecule has 1 aromatic heterocycles. The monoisotopic (exact) mass is 364 g/mol. The van der Waals surface area contributed by atoms with Crippen LogP contribution in [0.1, 0.15) is 20.8 Å². The van der Waals surface area contributed by atoms with E-state index < -0.39 is 5.97 Å². The zero-order chi connectivity index (χ0) is 15.2. The van der Waals surface area contributed by atoms with Gasteiger partial charge in [-0.25, -0.2) is 4.79 Å². The van der Waals surface area contributed by atoms with E-state index in [0.29, 0.717) is 4.88 Å². The summed E-state index contributed by atoms with van der Waals surface area (Å²) in [5.41, 5.74) is 2.02. The summed E-state index contributed by atoms with van der Waals surface area (Å²) in [4.78, 5) is 23.9. The van der Waals surface area contributed by atoms with Crippen molar-refractivity contribution in [1.82, 2.24) is 0 Å². The second kappa shape index (κ2) is 7.33. The molecule has 0 N–H and O–H groups in total. The first-order chi connectivity index (χ1) is 10.1. The van der Waals surface area contributed by atoms with Gasteiger partial charge in [0.1, 0.15) is 0 Å². The number of halogens is 1. The van der Waals surface area contributed by atoms with Crippen LogP contribution < -0.4 is 0 Å². The second-order valence-electron chi connectivity index (χ2n) is 4.32. The molecule has 0 fully saturated rings. The summed E-state index contributed by atoms with van der Waals surface area (Å²) in [7, 11) is 0. The Labute approximate surface area is 135 Å². The van der Waals surface area contributed by atoms with E-state index in [2.05, 4.69) is 15.9 Å². The number of aryl methyl sites for hydroxylation is 1. The Morgan fingerprint density at radius 3 is 2.67 bits per heavy atom. The summed E-state index contributed by atoms with van der Waals surface area (Å²) in [5.74, 6) is -0.731. The van der Waals surface area contributed by atoms with Gasteiger partial charge in [-0.2, -0.15) is 0 Å². The number of hydrogen-bond acceptors (Lipinski definition) is 4. The molecule has 0 amide bonds. The molecule has 21 heavy (non-hydrogen) atoms. The van der Waals surface area contributed by atoms with Crippen LogP contribution in [0, 0.1) is 6.92 Å². The highest BCUT2D eigenvalue weighted by atomic mass is 79.9. The largest absolute Gasteiger partial charge is 0.454 e. The molecule has 0 spiro atoms. The fourth-order valence-corrected chi connectivity index (χ4v) is 2.96. The van der Waals surface area contributed by atoms with E-state index in [4.69, 9.17) is 4.74 Å². The SMILES string of the molecule is Cc1ccccc1/C=C/C(=O)OCC(=O)c1ccc(Br)s1. The van der Waals surface area contributed by atoms with Gasteiger partial charge < -0.3 is 4.74 Å². The van der Waals surface area contributed by atoms with Crippen LogP contribution in [0.15, 0.2) is 46.3 Å². The van der Waals surface area contributed by atoms with E-state index in [1.54, 1.807) is 18.2 Å². The fraction of sp³-hybridized carbons (Fsp3) is 0.125. The van der Waals surface area contributed by atoms with Crippen molar-refractivity contribution in [2.45, 2.75) is 6.92 Å². The van der Waals surface area contributed by atoms with Crippen LogP contribution in [0.4, 0.5) is 0 Å². The van der Waals surface area contributed by atoms with Crippen molar-refractivity contribution in [2.24, 2.45) is 0 Å². The number of ether oxygens (including phenoxy) is 1. The van der Waals surface area contributed by atoms with Crippen molar-refractivity contribution >= 4 is 45.1 Å². The minimum Gasteiger partial charge on any atom is -0.454 e. The van der Waals surface area contributed by atoms with Gasteiger partial charge in [-0.15, -0.1) is 11.3 Å². The van der Waals surface area contributed by atoms with Crippen molar-refractivity contribution in [3.8, 4) is 0 Å². The molecule has 0 saturated carbocycles. The van der Waals surface area contributed by atoms with Gasteiger partial charge in [-0.05, 0) is 52.2 Å². The lowest BCUT2D eigenvalue weighted by atomic mass is 10.1. The number of Topliss-reactive ketones (excluding diaryl/α,β-unsaturated/α-hetero) is 1. The lowest BCUT2D eigenvalue weighted by Gasteiger charge is -2.00. The summed E-state index contributed by atoms with van der Waals surface area (Å²) in [6, 6.07) is 11.2. The van der Waals surface area contributed by atoms with Crippen molar-refractivity contribution in [3.63, 3.8) is 0 Å². The average molecular weight is 365 g/mol. The number of carbonyl (C=O) groups is 2. The minimum absolute atomic E-state index is 0.205. The predicted octanol–water partition coefficient (Wildman–Crippen LogP) is 4.26. The maximum Gasteiger partial charge on any atom is 0.331 e. The van der Waals surface area contributed by atoms with Crippen LogP contribution in [-0.2, 0) is 9.53 Å². The fourth-order valence-electron chi connectivity index (χ4n) is 1.65. The Morgan fingerprint density at radius 1 is 1.24 bits per heavy atom. The highest BCUT2D eigenvalue weighted by molar-refractivity contribution is 9.11. The standard InChI is InChI=1S/C16H13BrO3S/c1-11-4-2-3-5-12(11)6-9-16(19)20-10-13(18)14-7-8-15(17)21-14/h2-9H,10H2,1H3/b9-6+. The maximum absolute atomic E-state index is 11.8. The number of rotatable bonds is 5. The van der Waals surface area contributed by atoms with Gasteiger partial charge in [0.2, 0.25) is 5.78 Å². The molecule has 0 bridgehead atoms. The second-order valence-corrected chi connectivity index (χ2v) is 6.79. The van der Waals surface area contributed by atoms with E-state index in [9.17, 15) is 9.59 Å². The molecule has 5 heteroatoms. The first-order valence-electron chi connectivity index (χ1n) is 6.25. The Hall–Kier alpha value is -1.72. The van der Waals surface area contributed by atoms with Crippen LogP contribution in [-0.4, -0.2) is 18.4 Å². The zero-order valence-corrected chi connectivity index (χ0v) is 13.7. The molecule has 0 aliphatic heterocycles. The van der Waals surface area contributed by atoms with E-state index >= 15 is 0 Å². The summed E-state index contributed by atoms with van der Waals surface area (Å²) in [6.07, 6.45) is 3.02. The Kier molecular flexibility index (Phi) is 5.47. The highest BCUT2D eigenvalue weighted by Gasteiger charge is 2.10. The molecule has 1 aromatic carbocycles. The van der Waals surface area contributed by atoms with Crippen LogP contribution in [0.2, 0.25) is 0 Å². The van der Waals surface area contributed by atoms with Crippen LogP contribution >= 0.6 is 27.3 Å².